The molecule has 0 rings (SSSR count). The van der Waals surface area contributed by atoms with Crippen molar-refractivity contribution in [2.75, 3.05) is 13.2 Å². The fourth-order valence-corrected chi connectivity index (χ4v) is 6.37. The summed E-state index contributed by atoms with van der Waals surface area (Å²) in [6, 6.07) is 0. The predicted molar refractivity (Wildman–Crippen MR) is 210 cm³/mol. The van der Waals surface area contributed by atoms with Crippen molar-refractivity contribution in [2.24, 2.45) is 11.8 Å². The van der Waals surface area contributed by atoms with Gasteiger partial charge in [-0.25, -0.2) is 0 Å². The van der Waals surface area contributed by atoms with E-state index in [0.29, 0.717) is 19.3 Å². The molecule has 0 radical (unpaired) electrons. The van der Waals surface area contributed by atoms with Crippen LogP contribution in [0.15, 0.2) is 0 Å². The number of hydrogen-bond acceptors (Lipinski definition) is 6. The van der Waals surface area contributed by atoms with Gasteiger partial charge in [-0.05, 0) is 31.1 Å². The molecule has 296 valence electrons. The third kappa shape index (κ3) is 36.2. The smallest absolute Gasteiger partial charge is 0.306 e. The fraction of sp³-hybridized carbons (Fsp3) is 0.932. The molecule has 6 nitrogen and oxygen atoms in total. The third-order valence-corrected chi connectivity index (χ3v) is 10.1. The van der Waals surface area contributed by atoms with E-state index < -0.39 is 6.10 Å². The van der Waals surface area contributed by atoms with Crippen LogP contribution in [-0.2, 0) is 28.6 Å². The van der Waals surface area contributed by atoms with E-state index in [2.05, 4.69) is 34.6 Å². The molecule has 0 bridgehead atoms. The molecule has 1 unspecified atom stereocenters. The Hall–Kier alpha value is -1.59. The Balaban J connectivity index is 4.25. The van der Waals surface area contributed by atoms with E-state index >= 15 is 0 Å². The highest BCUT2D eigenvalue weighted by molar-refractivity contribution is 5.71. The minimum atomic E-state index is -0.759. The van der Waals surface area contributed by atoms with Crippen molar-refractivity contribution in [3.05, 3.63) is 0 Å². The van der Waals surface area contributed by atoms with Gasteiger partial charge in [0.2, 0.25) is 0 Å². The van der Waals surface area contributed by atoms with Gasteiger partial charge in [-0.3, -0.25) is 14.4 Å². The average molecular weight is 709 g/mol. The van der Waals surface area contributed by atoms with Crippen molar-refractivity contribution in [1.82, 2.24) is 0 Å². The lowest BCUT2D eigenvalue weighted by atomic mass is 10.00. The second-order valence-electron chi connectivity index (χ2n) is 15.7. The van der Waals surface area contributed by atoms with Gasteiger partial charge in [0, 0.05) is 19.3 Å². The lowest BCUT2D eigenvalue weighted by Crippen LogP contribution is -2.30. The van der Waals surface area contributed by atoms with E-state index in [4.69, 9.17) is 14.2 Å². The summed E-state index contributed by atoms with van der Waals surface area (Å²) in [6.45, 7) is 11.3. The van der Waals surface area contributed by atoms with Crippen molar-refractivity contribution in [3.8, 4) is 0 Å². The molecule has 6 heteroatoms. The zero-order chi connectivity index (χ0) is 36.9. The summed E-state index contributed by atoms with van der Waals surface area (Å²) in [5.41, 5.74) is 0. The zero-order valence-corrected chi connectivity index (χ0v) is 34.0. The van der Waals surface area contributed by atoms with Crippen LogP contribution >= 0.6 is 0 Å². The van der Waals surface area contributed by atoms with Crippen LogP contribution in [0.2, 0.25) is 0 Å². The summed E-state index contributed by atoms with van der Waals surface area (Å²) < 4.78 is 16.6. The maximum absolute atomic E-state index is 12.6. The van der Waals surface area contributed by atoms with E-state index in [0.717, 1.165) is 69.6 Å². The molecule has 0 heterocycles. The molecule has 0 spiro atoms. The van der Waals surface area contributed by atoms with Crippen LogP contribution in [0.1, 0.15) is 234 Å². The maximum Gasteiger partial charge on any atom is 0.306 e. The molecule has 0 saturated carbocycles. The first-order chi connectivity index (χ1) is 24.3. The summed E-state index contributed by atoms with van der Waals surface area (Å²) in [4.78, 5) is 37.5. The third-order valence-electron chi connectivity index (χ3n) is 10.1. The largest absolute Gasteiger partial charge is 0.462 e. The molecule has 50 heavy (non-hydrogen) atoms. The molecule has 0 aliphatic rings. The summed E-state index contributed by atoms with van der Waals surface area (Å²) in [5, 5.41) is 0. The molecular formula is C44H84O6. The number of rotatable bonds is 38. The normalized spacial score (nSPS) is 12.6. The molecule has 0 aliphatic carbocycles. The van der Waals surface area contributed by atoms with Gasteiger partial charge >= 0.3 is 17.9 Å². The fourth-order valence-electron chi connectivity index (χ4n) is 6.37. The molecule has 0 amide bonds. The molecule has 0 aromatic heterocycles. The second kappa shape index (κ2) is 37.2. The maximum atomic E-state index is 12.6. The Labute approximate surface area is 310 Å². The van der Waals surface area contributed by atoms with Gasteiger partial charge < -0.3 is 14.2 Å². The molecule has 0 aliphatic heterocycles. The molecular weight excluding hydrogens is 624 g/mol. The Morgan fingerprint density at radius 3 is 1.14 bits per heavy atom. The van der Waals surface area contributed by atoms with Crippen molar-refractivity contribution in [3.63, 3.8) is 0 Å². The summed E-state index contributed by atoms with van der Waals surface area (Å²) in [5.74, 6) is 0.779. The van der Waals surface area contributed by atoms with E-state index in [9.17, 15) is 14.4 Å². The predicted octanol–water partition coefficient (Wildman–Crippen LogP) is 13.4. The molecule has 0 saturated heterocycles. The summed E-state index contributed by atoms with van der Waals surface area (Å²) >= 11 is 0. The van der Waals surface area contributed by atoms with Crippen LogP contribution < -0.4 is 0 Å². The van der Waals surface area contributed by atoms with Gasteiger partial charge in [-0.15, -0.1) is 0 Å². The highest BCUT2D eigenvalue weighted by atomic mass is 16.6. The van der Waals surface area contributed by atoms with Gasteiger partial charge in [0.25, 0.3) is 0 Å². The van der Waals surface area contributed by atoms with Crippen LogP contribution in [0.5, 0.6) is 0 Å². The number of carbonyl (C=O) groups is 3. The van der Waals surface area contributed by atoms with Crippen molar-refractivity contribution >= 4 is 17.9 Å². The Kier molecular flexibility index (Phi) is 36.0. The van der Waals surface area contributed by atoms with Crippen LogP contribution in [0.25, 0.3) is 0 Å². The first-order valence-corrected chi connectivity index (χ1v) is 21.8. The molecule has 0 N–H and O–H groups in total. The van der Waals surface area contributed by atoms with Crippen LogP contribution in [0, 0.1) is 11.8 Å². The van der Waals surface area contributed by atoms with Crippen molar-refractivity contribution < 1.29 is 28.6 Å². The lowest BCUT2D eigenvalue weighted by molar-refractivity contribution is -0.167. The van der Waals surface area contributed by atoms with Crippen LogP contribution in [0.3, 0.4) is 0 Å². The zero-order valence-electron chi connectivity index (χ0n) is 34.0. The topological polar surface area (TPSA) is 78.9 Å². The highest BCUT2D eigenvalue weighted by Gasteiger charge is 2.19. The van der Waals surface area contributed by atoms with Crippen LogP contribution in [-0.4, -0.2) is 37.2 Å². The number of carbonyl (C=O) groups excluding carboxylic acids is 3. The number of ether oxygens (including phenoxy) is 3. The Bertz CT molecular complexity index is 766. The molecule has 0 aromatic carbocycles. The van der Waals surface area contributed by atoms with Crippen LogP contribution in [0.4, 0.5) is 0 Å². The monoisotopic (exact) mass is 709 g/mol. The minimum absolute atomic E-state index is 0.0662. The van der Waals surface area contributed by atoms with Crippen molar-refractivity contribution in [1.29, 1.82) is 0 Å². The van der Waals surface area contributed by atoms with Crippen molar-refractivity contribution in [2.45, 2.75) is 240 Å². The van der Waals surface area contributed by atoms with Gasteiger partial charge in [0.1, 0.15) is 13.2 Å². The molecule has 2 atom stereocenters. The number of esters is 3. The van der Waals surface area contributed by atoms with E-state index in [1.165, 1.54) is 122 Å². The van der Waals surface area contributed by atoms with E-state index in [1.54, 1.807) is 0 Å². The quantitative estimate of drug-likeness (QED) is 0.0361. The number of unbranched alkanes of at least 4 members (excludes halogenated alkanes) is 22. The lowest BCUT2D eigenvalue weighted by Gasteiger charge is -2.18. The standard InChI is InChI=1S/C44H84O6/c1-6-8-9-10-17-26-31-36-44(47)50-41(38-49-43(46)35-30-25-21-20-23-28-33-40(5)7-2)37-48-42(45)34-29-24-19-16-14-12-11-13-15-18-22-27-32-39(3)4/h39-41H,6-38H2,1-5H3/t40?,41-/m1/s1. The Morgan fingerprint density at radius 2 is 0.760 bits per heavy atom. The van der Waals surface area contributed by atoms with E-state index in [1.807, 2.05) is 0 Å². The van der Waals surface area contributed by atoms with Gasteiger partial charge in [-0.2, -0.15) is 0 Å². The average Bonchev–Trinajstić information content (AvgIpc) is 3.09. The number of hydrogen-bond donors (Lipinski definition) is 0. The summed E-state index contributed by atoms with van der Waals surface area (Å²) in [7, 11) is 0. The molecule has 0 aromatic rings. The highest BCUT2D eigenvalue weighted by Crippen LogP contribution is 2.17. The van der Waals surface area contributed by atoms with E-state index in [-0.39, 0.29) is 31.1 Å². The van der Waals surface area contributed by atoms with Gasteiger partial charge in [0.05, 0.1) is 0 Å². The SMILES string of the molecule is CCCCCCCCCC(=O)O[C@H](COC(=O)CCCCCCCCCCCCCCC(C)C)COC(=O)CCCCCCCCC(C)CC. The first kappa shape index (κ1) is 48.4. The second-order valence-corrected chi connectivity index (χ2v) is 15.7. The first-order valence-electron chi connectivity index (χ1n) is 21.8. The van der Waals surface area contributed by atoms with Gasteiger partial charge in [-0.1, -0.05) is 195 Å². The molecule has 0 fully saturated rings. The van der Waals surface area contributed by atoms with Gasteiger partial charge in [0.15, 0.2) is 6.10 Å². The summed E-state index contributed by atoms with van der Waals surface area (Å²) in [6.07, 6.45) is 33.9. The minimum Gasteiger partial charge on any atom is -0.462 e. The Morgan fingerprint density at radius 1 is 0.420 bits per heavy atom.